The summed E-state index contributed by atoms with van der Waals surface area (Å²) in [5, 5.41) is 3.32. The first kappa shape index (κ1) is 19.6. The van der Waals surface area contributed by atoms with E-state index in [1.54, 1.807) is 18.2 Å². The fourth-order valence-corrected chi connectivity index (χ4v) is 2.75. The average molecular weight is 408 g/mol. The largest absolute Gasteiger partial charge is 0.497 e. The highest BCUT2D eigenvalue weighted by atomic mass is 35.5. The molecule has 0 atom stereocenters. The number of halogens is 3. The summed E-state index contributed by atoms with van der Waals surface area (Å²) in [5.74, 6) is -0.770. The molecule has 28 heavy (non-hydrogen) atoms. The van der Waals surface area contributed by atoms with Crippen LogP contribution in [-0.2, 0) is 6.54 Å². The molecule has 146 valence electrons. The lowest BCUT2D eigenvalue weighted by Gasteiger charge is -2.16. The molecular formula is C19H16ClF2N3O3. The van der Waals surface area contributed by atoms with Gasteiger partial charge in [-0.15, -0.1) is 0 Å². The van der Waals surface area contributed by atoms with Crippen molar-refractivity contribution in [3.8, 4) is 11.5 Å². The highest BCUT2D eigenvalue weighted by molar-refractivity contribution is 6.33. The van der Waals surface area contributed by atoms with Crippen LogP contribution in [0.25, 0.3) is 0 Å². The van der Waals surface area contributed by atoms with E-state index < -0.39 is 17.2 Å². The molecule has 0 radical (unpaired) electrons. The van der Waals surface area contributed by atoms with Crippen LogP contribution >= 0.6 is 11.6 Å². The van der Waals surface area contributed by atoms with Crippen molar-refractivity contribution in [3.05, 3.63) is 75.2 Å². The molecule has 0 saturated heterocycles. The molecule has 0 spiro atoms. The Bertz CT molecular complexity index is 1050. The normalized spacial score (nSPS) is 10.6. The smallest absolute Gasteiger partial charge is 0.316 e. The minimum atomic E-state index is -0.707. The Morgan fingerprint density at radius 2 is 1.82 bits per heavy atom. The zero-order chi connectivity index (χ0) is 20.3. The molecule has 0 aliphatic heterocycles. The van der Waals surface area contributed by atoms with Crippen LogP contribution in [0.15, 0.2) is 47.4 Å². The maximum Gasteiger partial charge on any atom is 0.316 e. The van der Waals surface area contributed by atoms with E-state index in [1.807, 2.05) is 0 Å². The van der Waals surface area contributed by atoms with E-state index in [4.69, 9.17) is 21.1 Å². The van der Waals surface area contributed by atoms with Gasteiger partial charge in [0, 0.05) is 12.1 Å². The summed E-state index contributed by atoms with van der Waals surface area (Å²) in [7, 11) is 2.84. The van der Waals surface area contributed by atoms with Crippen molar-refractivity contribution in [2.75, 3.05) is 19.5 Å². The van der Waals surface area contributed by atoms with E-state index in [0.29, 0.717) is 22.0 Å². The second kappa shape index (κ2) is 8.26. The summed E-state index contributed by atoms with van der Waals surface area (Å²) in [6.07, 6.45) is 1.40. The van der Waals surface area contributed by atoms with Crippen molar-refractivity contribution in [3.63, 3.8) is 0 Å². The van der Waals surface area contributed by atoms with Crippen molar-refractivity contribution in [2.45, 2.75) is 6.54 Å². The van der Waals surface area contributed by atoms with Gasteiger partial charge in [0.2, 0.25) is 11.7 Å². The summed E-state index contributed by atoms with van der Waals surface area (Å²) in [6.45, 7) is 0.0300. The third-order valence-electron chi connectivity index (χ3n) is 3.88. The number of anilines is 2. The maximum absolute atomic E-state index is 13.5. The molecule has 3 aromatic rings. The van der Waals surface area contributed by atoms with Gasteiger partial charge in [-0.25, -0.2) is 8.78 Å². The summed E-state index contributed by atoms with van der Waals surface area (Å²) in [4.78, 5) is 16.1. The predicted octanol–water partition coefficient (Wildman–Crippen LogP) is 3.98. The third kappa shape index (κ3) is 4.40. The fourth-order valence-electron chi connectivity index (χ4n) is 2.58. The summed E-state index contributed by atoms with van der Waals surface area (Å²) < 4.78 is 38.8. The molecule has 0 fully saturated rings. The molecule has 9 heteroatoms. The van der Waals surface area contributed by atoms with Gasteiger partial charge in [-0.1, -0.05) is 11.6 Å². The first-order valence-corrected chi connectivity index (χ1v) is 8.48. The number of methoxy groups -OCH3 is 2. The monoisotopic (exact) mass is 407 g/mol. The number of nitrogens with zero attached hydrogens (tertiary/aromatic N) is 2. The third-order valence-corrected chi connectivity index (χ3v) is 4.21. The van der Waals surface area contributed by atoms with Crippen LogP contribution in [0.5, 0.6) is 11.5 Å². The Labute approximate surface area is 164 Å². The molecule has 1 aromatic heterocycles. The van der Waals surface area contributed by atoms with Crippen LogP contribution in [0.1, 0.15) is 5.56 Å². The lowest BCUT2D eigenvalue weighted by atomic mass is 10.2. The van der Waals surface area contributed by atoms with Gasteiger partial charge in [-0.3, -0.25) is 4.79 Å². The van der Waals surface area contributed by atoms with Crippen molar-refractivity contribution < 1.29 is 18.3 Å². The summed E-state index contributed by atoms with van der Waals surface area (Å²) in [5.41, 5.74) is 0.174. The molecule has 6 nitrogen and oxygen atoms in total. The van der Waals surface area contributed by atoms with Crippen molar-refractivity contribution in [1.82, 2.24) is 9.55 Å². The van der Waals surface area contributed by atoms with Crippen LogP contribution in [0.2, 0.25) is 5.02 Å². The van der Waals surface area contributed by atoms with Crippen LogP contribution in [0.3, 0.4) is 0 Å². The molecule has 0 aliphatic rings. The minimum Gasteiger partial charge on any atom is -0.497 e. The quantitative estimate of drug-likeness (QED) is 0.669. The standard InChI is InChI=1S/C19H16ClF2N3O3/c1-27-14-3-4-15(20)16(8-14)23-19-24-18(26)17(28-2)10-25(19)9-11-5-12(21)7-13(22)6-11/h3-8,10H,9H2,1-2H3,(H,23,24,26). The van der Waals surface area contributed by atoms with E-state index in [-0.39, 0.29) is 18.2 Å². The maximum atomic E-state index is 13.5. The van der Waals surface area contributed by atoms with Crippen molar-refractivity contribution in [1.29, 1.82) is 0 Å². The lowest BCUT2D eigenvalue weighted by Crippen LogP contribution is -2.19. The first-order valence-electron chi connectivity index (χ1n) is 8.10. The zero-order valence-corrected chi connectivity index (χ0v) is 15.8. The molecule has 0 amide bonds. The van der Waals surface area contributed by atoms with Crippen molar-refractivity contribution >= 4 is 23.2 Å². The molecule has 1 heterocycles. The van der Waals surface area contributed by atoms with Gasteiger partial charge in [0.25, 0.3) is 0 Å². The van der Waals surface area contributed by atoms with E-state index in [9.17, 15) is 13.6 Å². The van der Waals surface area contributed by atoms with Crippen LogP contribution < -0.4 is 20.3 Å². The Kier molecular flexibility index (Phi) is 5.79. The number of benzene rings is 2. The van der Waals surface area contributed by atoms with E-state index in [0.717, 1.165) is 6.07 Å². The molecule has 0 bridgehead atoms. The Balaban J connectivity index is 2.05. The predicted molar refractivity (Wildman–Crippen MR) is 102 cm³/mol. The molecule has 3 rings (SSSR count). The second-order valence-corrected chi connectivity index (χ2v) is 6.22. The molecule has 0 unspecified atom stereocenters. The van der Waals surface area contributed by atoms with Gasteiger partial charge in [0.15, 0.2) is 0 Å². The first-order chi connectivity index (χ1) is 13.4. The van der Waals surface area contributed by atoms with Gasteiger partial charge in [0.05, 0.1) is 37.7 Å². The Hall–Kier alpha value is -3.13. The van der Waals surface area contributed by atoms with Gasteiger partial charge < -0.3 is 19.4 Å². The number of nitrogens with one attached hydrogen (secondary N) is 1. The number of hydrogen-bond donors (Lipinski definition) is 1. The van der Waals surface area contributed by atoms with Gasteiger partial charge in [-0.2, -0.15) is 4.98 Å². The van der Waals surface area contributed by atoms with E-state index >= 15 is 0 Å². The van der Waals surface area contributed by atoms with E-state index in [1.165, 1.54) is 37.1 Å². The van der Waals surface area contributed by atoms with Crippen LogP contribution in [0.4, 0.5) is 20.4 Å². The summed E-state index contributed by atoms with van der Waals surface area (Å²) in [6, 6.07) is 8.09. The Morgan fingerprint density at radius 1 is 1.11 bits per heavy atom. The topological polar surface area (TPSA) is 65.4 Å². The SMILES string of the molecule is COc1ccc(Cl)c(Nc2nc(=O)c(OC)cn2Cc2cc(F)cc(F)c2)c1. The highest BCUT2D eigenvalue weighted by Crippen LogP contribution is 2.29. The second-order valence-electron chi connectivity index (χ2n) is 5.81. The molecule has 1 N–H and O–H groups in total. The lowest BCUT2D eigenvalue weighted by molar-refractivity contribution is 0.402. The number of aromatic nitrogens is 2. The molecule has 0 aliphatic carbocycles. The molecular weight excluding hydrogens is 392 g/mol. The van der Waals surface area contributed by atoms with Gasteiger partial charge in [-0.05, 0) is 29.8 Å². The number of hydrogen-bond acceptors (Lipinski definition) is 5. The molecule has 2 aromatic carbocycles. The van der Waals surface area contributed by atoms with Gasteiger partial charge >= 0.3 is 5.56 Å². The van der Waals surface area contributed by atoms with Gasteiger partial charge in [0.1, 0.15) is 17.4 Å². The Morgan fingerprint density at radius 3 is 2.46 bits per heavy atom. The van der Waals surface area contributed by atoms with Crippen LogP contribution in [-0.4, -0.2) is 23.8 Å². The molecule has 0 saturated carbocycles. The zero-order valence-electron chi connectivity index (χ0n) is 15.0. The van der Waals surface area contributed by atoms with Crippen molar-refractivity contribution in [2.24, 2.45) is 0 Å². The highest BCUT2D eigenvalue weighted by Gasteiger charge is 2.13. The average Bonchev–Trinajstić information content (AvgIpc) is 2.64. The number of ether oxygens (including phenoxy) is 2. The minimum absolute atomic E-state index is 0.0147. The fraction of sp³-hybridized carbons (Fsp3) is 0.158. The summed E-state index contributed by atoms with van der Waals surface area (Å²) >= 11 is 6.20. The van der Waals surface area contributed by atoms with Crippen LogP contribution in [0, 0.1) is 11.6 Å². The van der Waals surface area contributed by atoms with E-state index in [2.05, 4.69) is 10.3 Å². The number of rotatable bonds is 6.